The number of anilines is 3. The molecule has 0 bridgehead atoms. The van der Waals surface area contributed by atoms with Gasteiger partial charge in [-0.3, -0.25) is 4.79 Å². The zero-order chi connectivity index (χ0) is 21.1. The molecule has 1 N–H and O–H groups in total. The highest BCUT2D eigenvalue weighted by Gasteiger charge is 2.17. The van der Waals surface area contributed by atoms with Crippen LogP contribution in [0, 0.1) is 13.8 Å². The number of carbonyl (C=O) groups is 1. The summed E-state index contributed by atoms with van der Waals surface area (Å²) in [5.41, 5.74) is 1.88. The van der Waals surface area contributed by atoms with Crippen molar-refractivity contribution in [3.8, 4) is 0 Å². The van der Waals surface area contributed by atoms with E-state index in [-0.39, 0.29) is 12.2 Å². The van der Waals surface area contributed by atoms with Gasteiger partial charge in [-0.25, -0.2) is 15.0 Å². The van der Waals surface area contributed by atoms with E-state index in [1.165, 1.54) is 30.6 Å². The molecule has 8 heteroatoms. The number of hydrogen-bond donors (Lipinski definition) is 1. The summed E-state index contributed by atoms with van der Waals surface area (Å²) < 4.78 is 0. The summed E-state index contributed by atoms with van der Waals surface area (Å²) >= 11 is 7.60. The number of ketones is 1. The van der Waals surface area contributed by atoms with E-state index in [9.17, 15) is 4.79 Å². The van der Waals surface area contributed by atoms with Gasteiger partial charge in [0.25, 0.3) is 0 Å². The largest absolute Gasteiger partial charge is 0.356 e. The fraction of sp³-hybridized carbons (Fsp3) is 0.364. The highest BCUT2D eigenvalue weighted by molar-refractivity contribution is 7.17. The van der Waals surface area contributed by atoms with Crippen molar-refractivity contribution < 1.29 is 4.79 Å². The number of hydrogen-bond acceptors (Lipinski definition) is 7. The highest BCUT2D eigenvalue weighted by atomic mass is 35.5. The third-order valence-electron chi connectivity index (χ3n) is 5.21. The lowest BCUT2D eigenvalue weighted by atomic mass is 10.0. The second-order valence-electron chi connectivity index (χ2n) is 7.50. The van der Waals surface area contributed by atoms with Gasteiger partial charge in [0.15, 0.2) is 10.9 Å². The Labute approximate surface area is 185 Å². The first-order chi connectivity index (χ1) is 14.5. The SMILES string of the molecule is Cc1nc(Nc2ncc(C(=O)Cc3c(C)cccc3Cl)s2)cc(N2CCCCC2)n1. The number of thiazole rings is 1. The second kappa shape index (κ2) is 9.10. The van der Waals surface area contributed by atoms with E-state index in [1.807, 2.05) is 38.1 Å². The minimum atomic E-state index is 0.00428. The molecule has 2 aromatic heterocycles. The lowest BCUT2D eigenvalue weighted by Crippen LogP contribution is -2.30. The van der Waals surface area contributed by atoms with Crippen LogP contribution in [0.1, 0.15) is 45.9 Å². The van der Waals surface area contributed by atoms with Gasteiger partial charge in [-0.1, -0.05) is 35.1 Å². The molecule has 1 fully saturated rings. The maximum Gasteiger partial charge on any atom is 0.188 e. The van der Waals surface area contributed by atoms with Gasteiger partial charge in [-0.05, 0) is 50.3 Å². The van der Waals surface area contributed by atoms with Gasteiger partial charge in [0.2, 0.25) is 0 Å². The van der Waals surface area contributed by atoms with E-state index < -0.39 is 0 Å². The molecule has 1 aromatic carbocycles. The molecule has 0 amide bonds. The van der Waals surface area contributed by atoms with E-state index in [0.29, 0.717) is 26.7 Å². The summed E-state index contributed by atoms with van der Waals surface area (Å²) in [6.45, 7) is 5.90. The summed E-state index contributed by atoms with van der Waals surface area (Å²) in [4.78, 5) is 29.1. The molecule has 0 radical (unpaired) electrons. The zero-order valence-corrected chi connectivity index (χ0v) is 18.7. The zero-order valence-electron chi connectivity index (χ0n) is 17.1. The highest BCUT2D eigenvalue weighted by Crippen LogP contribution is 2.27. The summed E-state index contributed by atoms with van der Waals surface area (Å²) in [6, 6.07) is 7.62. The molecule has 0 spiro atoms. The number of aromatic nitrogens is 3. The smallest absolute Gasteiger partial charge is 0.188 e. The van der Waals surface area contributed by atoms with E-state index in [2.05, 4.69) is 25.2 Å². The van der Waals surface area contributed by atoms with Gasteiger partial charge in [-0.2, -0.15) is 0 Å². The van der Waals surface area contributed by atoms with Crippen molar-refractivity contribution in [2.24, 2.45) is 0 Å². The molecule has 6 nitrogen and oxygen atoms in total. The number of piperidine rings is 1. The van der Waals surface area contributed by atoms with E-state index in [4.69, 9.17) is 11.6 Å². The average molecular weight is 442 g/mol. The molecule has 1 aliphatic rings. The lowest BCUT2D eigenvalue weighted by molar-refractivity contribution is 0.0996. The van der Waals surface area contributed by atoms with Gasteiger partial charge < -0.3 is 10.2 Å². The van der Waals surface area contributed by atoms with Gasteiger partial charge >= 0.3 is 0 Å². The Kier molecular flexibility index (Phi) is 6.29. The van der Waals surface area contributed by atoms with Crippen molar-refractivity contribution >= 4 is 45.5 Å². The topological polar surface area (TPSA) is 71.0 Å². The standard InChI is InChI=1S/C22H24ClN5OS/c1-14-7-6-8-17(23)16(14)11-18(29)19-13-24-22(30-19)27-20-12-21(26-15(2)25-20)28-9-4-3-5-10-28/h6-8,12-13H,3-5,9-11H2,1-2H3,(H,24,25,26,27). The molecule has 1 saturated heterocycles. The Bertz CT molecular complexity index is 1040. The molecule has 3 heterocycles. The minimum absolute atomic E-state index is 0.00428. The molecule has 1 aliphatic heterocycles. The van der Waals surface area contributed by atoms with Crippen molar-refractivity contribution in [3.63, 3.8) is 0 Å². The molecular formula is C22H24ClN5OS. The molecule has 156 valence electrons. The normalized spacial score (nSPS) is 14.0. The second-order valence-corrected chi connectivity index (χ2v) is 8.93. The molecule has 4 rings (SSSR count). The Morgan fingerprint density at radius 2 is 2.00 bits per heavy atom. The summed E-state index contributed by atoms with van der Waals surface area (Å²) in [5, 5.41) is 4.49. The van der Waals surface area contributed by atoms with Crippen LogP contribution in [0.5, 0.6) is 0 Å². The van der Waals surface area contributed by atoms with Crippen molar-refractivity contribution in [3.05, 3.63) is 57.3 Å². The maximum absolute atomic E-state index is 12.8. The number of Topliss-reactive ketones (excluding diaryl/α,β-unsaturated/α-hetero) is 1. The molecule has 0 atom stereocenters. The van der Waals surface area contributed by atoms with Crippen LogP contribution in [0.15, 0.2) is 30.5 Å². The predicted molar refractivity (Wildman–Crippen MR) is 122 cm³/mol. The number of benzene rings is 1. The van der Waals surface area contributed by atoms with Crippen molar-refractivity contribution in [1.29, 1.82) is 0 Å². The first-order valence-corrected chi connectivity index (χ1v) is 11.3. The number of nitrogens with one attached hydrogen (secondary N) is 1. The third kappa shape index (κ3) is 4.79. The predicted octanol–water partition coefficient (Wildman–Crippen LogP) is 5.36. The van der Waals surface area contributed by atoms with Crippen LogP contribution in [-0.4, -0.2) is 33.8 Å². The molecule has 0 saturated carbocycles. The fourth-order valence-electron chi connectivity index (χ4n) is 3.61. The van der Waals surface area contributed by atoms with Crippen LogP contribution >= 0.6 is 22.9 Å². The van der Waals surface area contributed by atoms with Crippen LogP contribution in [0.25, 0.3) is 0 Å². The van der Waals surface area contributed by atoms with E-state index in [1.54, 1.807) is 6.20 Å². The number of halogens is 1. The van der Waals surface area contributed by atoms with Crippen LogP contribution in [0.2, 0.25) is 5.02 Å². The van der Waals surface area contributed by atoms with E-state index >= 15 is 0 Å². The monoisotopic (exact) mass is 441 g/mol. The Balaban J connectivity index is 1.48. The molecule has 3 aromatic rings. The Morgan fingerprint density at radius 3 is 2.77 bits per heavy atom. The molecule has 0 aliphatic carbocycles. The summed E-state index contributed by atoms with van der Waals surface area (Å²) in [7, 11) is 0. The van der Waals surface area contributed by atoms with Crippen LogP contribution in [0.3, 0.4) is 0 Å². The Hall–Kier alpha value is -2.51. The third-order valence-corrected chi connectivity index (χ3v) is 6.52. The number of carbonyl (C=O) groups excluding carboxylic acids is 1. The molecule has 0 unspecified atom stereocenters. The number of aryl methyl sites for hydroxylation is 2. The molecule has 30 heavy (non-hydrogen) atoms. The van der Waals surface area contributed by atoms with Crippen LogP contribution in [0.4, 0.5) is 16.8 Å². The van der Waals surface area contributed by atoms with Gasteiger partial charge in [-0.15, -0.1) is 0 Å². The van der Waals surface area contributed by atoms with Gasteiger partial charge in [0.1, 0.15) is 17.5 Å². The minimum Gasteiger partial charge on any atom is -0.356 e. The summed E-state index contributed by atoms with van der Waals surface area (Å²) in [6.07, 6.45) is 5.53. The number of rotatable bonds is 6. The lowest BCUT2D eigenvalue weighted by Gasteiger charge is -2.28. The van der Waals surface area contributed by atoms with Crippen molar-refractivity contribution in [1.82, 2.24) is 15.0 Å². The van der Waals surface area contributed by atoms with Crippen molar-refractivity contribution in [2.75, 3.05) is 23.3 Å². The van der Waals surface area contributed by atoms with E-state index in [0.717, 1.165) is 30.0 Å². The van der Waals surface area contributed by atoms with Gasteiger partial charge in [0, 0.05) is 30.6 Å². The fourth-order valence-corrected chi connectivity index (χ4v) is 4.66. The van der Waals surface area contributed by atoms with Crippen LogP contribution in [-0.2, 0) is 6.42 Å². The number of nitrogens with zero attached hydrogens (tertiary/aromatic N) is 4. The molecular weight excluding hydrogens is 418 g/mol. The first-order valence-electron chi connectivity index (χ1n) is 10.1. The van der Waals surface area contributed by atoms with Crippen LogP contribution < -0.4 is 10.2 Å². The average Bonchev–Trinajstić information content (AvgIpc) is 3.19. The maximum atomic E-state index is 12.8. The first kappa shape index (κ1) is 20.8. The Morgan fingerprint density at radius 1 is 1.20 bits per heavy atom. The van der Waals surface area contributed by atoms with Gasteiger partial charge in [0.05, 0.1) is 11.1 Å². The quantitative estimate of drug-likeness (QED) is 0.519. The summed E-state index contributed by atoms with van der Waals surface area (Å²) in [5.74, 6) is 2.34. The van der Waals surface area contributed by atoms with Crippen molar-refractivity contribution in [2.45, 2.75) is 39.5 Å².